The largest absolute Gasteiger partial charge is 0.493 e. The second-order valence-corrected chi connectivity index (χ2v) is 5.78. The SMILES string of the molecule is Cc1nc(N)nc(-c2ccccc2OCCC(C)C)c1C(N)=O. The first-order valence-electron chi connectivity index (χ1n) is 7.56. The molecule has 2 rings (SSSR count). The number of aryl methyl sites for hydroxylation is 1. The lowest BCUT2D eigenvalue weighted by atomic mass is 10.0. The predicted molar refractivity (Wildman–Crippen MR) is 90.1 cm³/mol. The van der Waals surface area contributed by atoms with E-state index in [0.717, 1.165) is 6.42 Å². The van der Waals surface area contributed by atoms with Gasteiger partial charge in [0.25, 0.3) is 5.91 Å². The molecule has 1 heterocycles. The van der Waals surface area contributed by atoms with Gasteiger partial charge in [-0.25, -0.2) is 9.97 Å². The average Bonchev–Trinajstić information content (AvgIpc) is 2.46. The van der Waals surface area contributed by atoms with Crippen molar-refractivity contribution in [2.75, 3.05) is 12.3 Å². The lowest BCUT2D eigenvalue weighted by Gasteiger charge is -2.15. The summed E-state index contributed by atoms with van der Waals surface area (Å²) in [5.74, 6) is 0.697. The number of para-hydroxylation sites is 1. The van der Waals surface area contributed by atoms with Gasteiger partial charge in [-0.2, -0.15) is 0 Å². The fourth-order valence-electron chi connectivity index (χ4n) is 2.28. The normalized spacial score (nSPS) is 10.8. The summed E-state index contributed by atoms with van der Waals surface area (Å²) in [5.41, 5.74) is 13.0. The van der Waals surface area contributed by atoms with Gasteiger partial charge in [0.2, 0.25) is 5.95 Å². The Morgan fingerprint density at radius 1 is 1.26 bits per heavy atom. The molecule has 0 bridgehead atoms. The molecule has 2 aromatic rings. The van der Waals surface area contributed by atoms with Gasteiger partial charge in [0.05, 0.1) is 23.6 Å². The molecule has 0 spiro atoms. The van der Waals surface area contributed by atoms with E-state index in [1.165, 1.54) is 0 Å². The minimum Gasteiger partial charge on any atom is -0.493 e. The number of nitrogens with zero attached hydrogens (tertiary/aromatic N) is 2. The first-order chi connectivity index (χ1) is 10.9. The highest BCUT2D eigenvalue weighted by Gasteiger charge is 2.19. The highest BCUT2D eigenvalue weighted by atomic mass is 16.5. The Labute approximate surface area is 135 Å². The number of hydrogen-bond acceptors (Lipinski definition) is 5. The summed E-state index contributed by atoms with van der Waals surface area (Å²) in [7, 11) is 0. The van der Waals surface area contributed by atoms with Gasteiger partial charge in [-0.15, -0.1) is 0 Å². The number of nitrogen functional groups attached to an aromatic ring is 1. The van der Waals surface area contributed by atoms with Crippen LogP contribution in [0.15, 0.2) is 24.3 Å². The van der Waals surface area contributed by atoms with E-state index in [1.54, 1.807) is 6.92 Å². The van der Waals surface area contributed by atoms with Crippen molar-refractivity contribution in [1.29, 1.82) is 0 Å². The number of ether oxygens (including phenoxy) is 1. The third-order valence-electron chi connectivity index (χ3n) is 3.45. The van der Waals surface area contributed by atoms with Crippen LogP contribution in [0.4, 0.5) is 5.95 Å². The molecule has 0 unspecified atom stereocenters. The minimum atomic E-state index is -0.588. The van der Waals surface area contributed by atoms with E-state index in [0.29, 0.717) is 35.2 Å². The van der Waals surface area contributed by atoms with Gasteiger partial charge < -0.3 is 16.2 Å². The smallest absolute Gasteiger partial charge is 0.252 e. The zero-order valence-corrected chi connectivity index (χ0v) is 13.7. The van der Waals surface area contributed by atoms with Crippen LogP contribution >= 0.6 is 0 Å². The Balaban J connectivity index is 2.48. The summed E-state index contributed by atoms with van der Waals surface area (Å²) in [6.07, 6.45) is 0.932. The number of carbonyl (C=O) groups is 1. The first kappa shape index (κ1) is 16.7. The van der Waals surface area contributed by atoms with Crippen LogP contribution in [0.2, 0.25) is 0 Å². The fourth-order valence-corrected chi connectivity index (χ4v) is 2.28. The molecule has 122 valence electrons. The molecule has 1 amide bonds. The van der Waals surface area contributed by atoms with Crippen LogP contribution in [0.5, 0.6) is 5.75 Å². The second-order valence-electron chi connectivity index (χ2n) is 5.78. The van der Waals surface area contributed by atoms with Crippen molar-refractivity contribution in [3.8, 4) is 17.0 Å². The van der Waals surface area contributed by atoms with E-state index < -0.39 is 5.91 Å². The molecule has 4 N–H and O–H groups in total. The van der Waals surface area contributed by atoms with E-state index in [-0.39, 0.29) is 11.5 Å². The van der Waals surface area contributed by atoms with E-state index in [1.807, 2.05) is 24.3 Å². The van der Waals surface area contributed by atoms with Crippen molar-refractivity contribution in [1.82, 2.24) is 9.97 Å². The number of benzene rings is 1. The molecule has 23 heavy (non-hydrogen) atoms. The lowest BCUT2D eigenvalue weighted by Crippen LogP contribution is -2.17. The molecule has 0 radical (unpaired) electrons. The maximum Gasteiger partial charge on any atom is 0.252 e. The summed E-state index contributed by atoms with van der Waals surface area (Å²) in [5, 5.41) is 0. The fraction of sp³-hybridized carbons (Fsp3) is 0.353. The first-order valence-corrected chi connectivity index (χ1v) is 7.56. The molecule has 0 aliphatic heterocycles. The summed E-state index contributed by atoms with van der Waals surface area (Å²) in [4.78, 5) is 20.0. The number of anilines is 1. The van der Waals surface area contributed by atoms with Crippen LogP contribution in [0.3, 0.4) is 0 Å². The monoisotopic (exact) mass is 314 g/mol. The van der Waals surface area contributed by atoms with Gasteiger partial charge in [-0.3, -0.25) is 4.79 Å². The number of hydrogen-bond donors (Lipinski definition) is 2. The molecule has 0 aliphatic carbocycles. The van der Waals surface area contributed by atoms with Crippen LogP contribution in [0.25, 0.3) is 11.3 Å². The van der Waals surface area contributed by atoms with Crippen molar-refractivity contribution in [3.05, 3.63) is 35.5 Å². The standard InChI is InChI=1S/C17H22N4O2/c1-10(2)8-9-23-13-7-5-4-6-12(13)15-14(16(18)22)11(3)20-17(19)21-15/h4-7,10H,8-9H2,1-3H3,(H2,18,22)(H2,19,20,21). The third-order valence-corrected chi connectivity index (χ3v) is 3.45. The lowest BCUT2D eigenvalue weighted by molar-refractivity contribution is 0.0999. The third kappa shape index (κ3) is 3.97. The summed E-state index contributed by atoms with van der Waals surface area (Å²) < 4.78 is 5.86. The molecule has 0 aliphatic rings. The molecular formula is C17H22N4O2. The van der Waals surface area contributed by atoms with Crippen LogP contribution in [-0.4, -0.2) is 22.5 Å². The maximum atomic E-state index is 11.8. The molecule has 1 aromatic carbocycles. The Hall–Kier alpha value is -2.63. The minimum absolute atomic E-state index is 0.0967. The van der Waals surface area contributed by atoms with Gasteiger partial charge in [0, 0.05) is 5.56 Å². The molecule has 1 aromatic heterocycles. The zero-order valence-electron chi connectivity index (χ0n) is 13.7. The number of amides is 1. The van der Waals surface area contributed by atoms with Crippen LogP contribution < -0.4 is 16.2 Å². The predicted octanol–water partition coefficient (Wildman–Crippen LogP) is 2.56. The average molecular weight is 314 g/mol. The van der Waals surface area contributed by atoms with Gasteiger partial charge >= 0.3 is 0 Å². The summed E-state index contributed by atoms with van der Waals surface area (Å²) in [6.45, 7) is 6.54. The Morgan fingerprint density at radius 2 is 1.96 bits per heavy atom. The number of rotatable bonds is 6. The number of primary amides is 1. The number of nitrogens with two attached hydrogens (primary N) is 2. The van der Waals surface area contributed by atoms with Crippen LogP contribution in [0, 0.1) is 12.8 Å². The van der Waals surface area contributed by atoms with Gasteiger partial charge in [0.15, 0.2) is 0 Å². The molecular weight excluding hydrogens is 292 g/mol. The van der Waals surface area contributed by atoms with E-state index in [9.17, 15) is 4.79 Å². The Bertz CT molecular complexity index is 714. The van der Waals surface area contributed by atoms with Gasteiger partial charge in [-0.1, -0.05) is 26.0 Å². The molecule has 6 heteroatoms. The van der Waals surface area contributed by atoms with Crippen molar-refractivity contribution < 1.29 is 9.53 Å². The second kappa shape index (κ2) is 7.09. The molecule has 0 saturated heterocycles. The topological polar surface area (TPSA) is 104 Å². The van der Waals surface area contributed by atoms with E-state index in [2.05, 4.69) is 23.8 Å². The van der Waals surface area contributed by atoms with Crippen molar-refractivity contribution in [2.45, 2.75) is 27.2 Å². The highest BCUT2D eigenvalue weighted by molar-refractivity contribution is 6.00. The molecule has 0 atom stereocenters. The van der Waals surface area contributed by atoms with Crippen molar-refractivity contribution in [3.63, 3.8) is 0 Å². The van der Waals surface area contributed by atoms with Crippen molar-refractivity contribution in [2.24, 2.45) is 11.7 Å². The Morgan fingerprint density at radius 3 is 2.61 bits per heavy atom. The number of aromatic nitrogens is 2. The Kier molecular flexibility index (Phi) is 5.16. The maximum absolute atomic E-state index is 11.8. The van der Waals surface area contributed by atoms with E-state index >= 15 is 0 Å². The van der Waals surface area contributed by atoms with E-state index in [4.69, 9.17) is 16.2 Å². The highest BCUT2D eigenvalue weighted by Crippen LogP contribution is 2.32. The van der Waals surface area contributed by atoms with Gasteiger partial charge in [-0.05, 0) is 31.4 Å². The number of carbonyl (C=O) groups excluding carboxylic acids is 1. The molecule has 0 fully saturated rings. The van der Waals surface area contributed by atoms with Crippen LogP contribution in [-0.2, 0) is 0 Å². The van der Waals surface area contributed by atoms with Crippen LogP contribution in [0.1, 0.15) is 36.3 Å². The quantitative estimate of drug-likeness (QED) is 0.852. The molecule has 0 saturated carbocycles. The summed E-state index contributed by atoms with van der Waals surface area (Å²) in [6, 6.07) is 7.39. The zero-order chi connectivity index (χ0) is 17.0. The van der Waals surface area contributed by atoms with Crippen molar-refractivity contribution >= 4 is 11.9 Å². The van der Waals surface area contributed by atoms with Gasteiger partial charge in [0.1, 0.15) is 5.75 Å². The molecule has 6 nitrogen and oxygen atoms in total. The summed E-state index contributed by atoms with van der Waals surface area (Å²) >= 11 is 0.